The first-order valence-electron chi connectivity index (χ1n) is 12.2. The number of nitrogens with zero attached hydrogens (tertiary/aromatic N) is 8. The van der Waals surface area contributed by atoms with Crippen molar-refractivity contribution >= 4 is 22.1 Å². The first-order valence-corrected chi connectivity index (χ1v) is 12.2. The van der Waals surface area contributed by atoms with E-state index in [9.17, 15) is 4.79 Å². The van der Waals surface area contributed by atoms with Crippen LogP contribution in [0.1, 0.15) is 24.3 Å². The molecule has 186 valence electrons. The number of aryl methyl sites for hydroxylation is 4. The van der Waals surface area contributed by atoms with Crippen LogP contribution >= 0.6 is 0 Å². The van der Waals surface area contributed by atoms with Gasteiger partial charge in [0.05, 0.1) is 46.5 Å². The highest BCUT2D eigenvalue weighted by atomic mass is 19.1. The number of hydrogen-bond acceptors (Lipinski definition) is 4. The molecule has 2 aromatic carbocycles. The molecular formula is C27H25FN8O. The monoisotopic (exact) mass is 496 g/mol. The molecule has 0 unspecified atom stereocenters. The highest BCUT2D eigenvalue weighted by Gasteiger charge is 2.29. The maximum absolute atomic E-state index is 15.6. The smallest absolute Gasteiger partial charge is 0.328 e. The van der Waals surface area contributed by atoms with Crippen molar-refractivity contribution in [2.45, 2.75) is 18.8 Å². The quantitative estimate of drug-likeness (QED) is 0.369. The maximum Gasteiger partial charge on any atom is 0.328 e. The summed E-state index contributed by atoms with van der Waals surface area (Å²) in [5.74, 6) is 0.702. The van der Waals surface area contributed by atoms with Crippen LogP contribution in [0.5, 0.6) is 0 Å². The van der Waals surface area contributed by atoms with Crippen molar-refractivity contribution in [3.05, 3.63) is 71.0 Å². The third-order valence-corrected chi connectivity index (χ3v) is 7.45. The number of imidazole rings is 3. The van der Waals surface area contributed by atoms with Crippen LogP contribution in [0.15, 0.2) is 54.0 Å². The van der Waals surface area contributed by atoms with Gasteiger partial charge in [-0.25, -0.2) is 19.2 Å². The molecule has 37 heavy (non-hydrogen) atoms. The van der Waals surface area contributed by atoms with E-state index < -0.39 is 0 Å². The molecule has 4 heterocycles. The van der Waals surface area contributed by atoms with Crippen LogP contribution in [0.25, 0.3) is 50.4 Å². The Morgan fingerprint density at radius 3 is 2.46 bits per heavy atom. The summed E-state index contributed by atoms with van der Waals surface area (Å²) in [6.45, 7) is 0. The van der Waals surface area contributed by atoms with E-state index in [1.807, 2.05) is 29.3 Å². The second kappa shape index (κ2) is 7.52. The Morgan fingerprint density at radius 2 is 1.78 bits per heavy atom. The van der Waals surface area contributed by atoms with Gasteiger partial charge in [-0.3, -0.25) is 18.4 Å². The number of hydrogen-bond donors (Lipinski definition) is 0. The number of fused-ring (bicyclic) bond motifs is 2. The molecule has 0 N–H and O–H groups in total. The summed E-state index contributed by atoms with van der Waals surface area (Å²) in [5, 5.41) is 4.20. The predicted octanol–water partition coefficient (Wildman–Crippen LogP) is 4.03. The van der Waals surface area contributed by atoms with E-state index in [-0.39, 0.29) is 11.5 Å². The maximum atomic E-state index is 15.6. The molecule has 6 aromatic rings. The molecule has 0 radical (unpaired) electrons. The van der Waals surface area contributed by atoms with Gasteiger partial charge in [-0.1, -0.05) is 0 Å². The minimum Gasteiger partial charge on any atom is -0.331 e. The largest absolute Gasteiger partial charge is 0.331 e. The van der Waals surface area contributed by atoms with Gasteiger partial charge < -0.3 is 4.57 Å². The zero-order chi connectivity index (χ0) is 25.6. The van der Waals surface area contributed by atoms with Crippen LogP contribution in [0.2, 0.25) is 0 Å². The number of halogens is 1. The third kappa shape index (κ3) is 3.14. The topological polar surface area (TPSA) is 80.4 Å². The van der Waals surface area contributed by atoms with Crippen LogP contribution in [0, 0.1) is 5.82 Å². The van der Waals surface area contributed by atoms with Crippen molar-refractivity contribution in [2.24, 2.45) is 28.2 Å². The van der Waals surface area contributed by atoms with E-state index in [0.717, 1.165) is 40.8 Å². The molecule has 1 saturated carbocycles. The molecule has 0 amide bonds. The first kappa shape index (κ1) is 21.8. The summed E-state index contributed by atoms with van der Waals surface area (Å²) in [4.78, 5) is 22.1. The second-order valence-corrected chi connectivity index (χ2v) is 9.96. The average molecular weight is 497 g/mol. The van der Waals surface area contributed by atoms with Gasteiger partial charge in [0.15, 0.2) is 5.82 Å². The highest BCUT2D eigenvalue weighted by molar-refractivity contribution is 5.89. The predicted molar refractivity (Wildman–Crippen MR) is 139 cm³/mol. The van der Waals surface area contributed by atoms with Gasteiger partial charge in [0.2, 0.25) is 0 Å². The first-order chi connectivity index (χ1) is 17.8. The van der Waals surface area contributed by atoms with Crippen LogP contribution in [-0.2, 0) is 28.2 Å². The fraction of sp³-hybridized carbons (Fsp3) is 0.259. The molecule has 4 aromatic heterocycles. The fourth-order valence-electron chi connectivity index (χ4n) is 5.39. The van der Waals surface area contributed by atoms with Crippen molar-refractivity contribution in [1.82, 2.24) is 38.0 Å². The van der Waals surface area contributed by atoms with E-state index >= 15 is 4.39 Å². The molecule has 1 aliphatic carbocycles. The van der Waals surface area contributed by atoms with Crippen molar-refractivity contribution in [2.75, 3.05) is 0 Å². The normalized spacial score (nSPS) is 13.9. The summed E-state index contributed by atoms with van der Waals surface area (Å²) in [5.41, 5.74) is 6.94. The molecule has 7 rings (SSSR count). The van der Waals surface area contributed by atoms with Crippen LogP contribution in [0.4, 0.5) is 4.39 Å². The van der Waals surface area contributed by atoms with Crippen LogP contribution in [-0.4, -0.2) is 38.0 Å². The second-order valence-electron chi connectivity index (χ2n) is 9.96. The summed E-state index contributed by atoms with van der Waals surface area (Å²) in [6, 6.07) is 7.44. The molecular weight excluding hydrogens is 471 g/mol. The SMILES string of the molecule is Cn1cc(-c2cc3nc(-c4cncn4C)n(-c4cc(C5CC5)c5c(c4)n(C)c(=O)n5C)c3cc2F)cn1. The van der Waals surface area contributed by atoms with Gasteiger partial charge >= 0.3 is 5.69 Å². The summed E-state index contributed by atoms with van der Waals surface area (Å²) < 4.78 is 24.5. The van der Waals surface area contributed by atoms with Gasteiger partial charge in [0.1, 0.15) is 11.5 Å². The Morgan fingerprint density at radius 1 is 0.973 bits per heavy atom. The van der Waals surface area contributed by atoms with Gasteiger partial charge in [-0.05, 0) is 42.5 Å². The molecule has 0 atom stereocenters. The van der Waals surface area contributed by atoms with E-state index in [4.69, 9.17) is 4.98 Å². The number of aromatic nitrogens is 8. The lowest BCUT2D eigenvalue weighted by Gasteiger charge is -2.14. The molecule has 0 saturated heterocycles. The molecule has 0 bridgehead atoms. The summed E-state index contributed by atoms with van der Waals surface area (Å²) >= 11 is 0. The Kier molecular flexibility index (Phi) is 4.43. The van der Waals surface area contributed by atoms with E-state index in [1.165, 1.54) is 6.07 Å². The summed E-state index contributed by atoms with van der Waals surface area (Å²) in [6.07, 6.45) is 9.09. The molecule has 0 spiro atoms. The lowest BCUT2D eigenvalue weighted by molar-refractivity contribution is 0.632. The molecule has 1 aliphatic rings. The van der Waals surface area contributed by atoms with Gasteiger partial charge in [-0.15, -0.1) is 0 Å². The lowest BCUT2D eigenvalue weighted by Crippen LogP contribution is -2.19. The zero-order valence-electron chi connectivity index (χ0n) is 21.0. The van der Waals surface area contributed by atoms with Crippen molar-refractivity contribution < 1.29 is 4.39 Å². The Hall–Kier alpha value is -4.47. The van der Waals surface area contributed by atoms with Crippen molar-refractivity contribution in [3.63, 3.8) is 0 Å². The van der Waals surface area contributed by atoms with Gasteiger partial charge in [0.25, 0.3) is 0 Å². The molecule has 0 aliphatic heterocycles. The van der Waals surface area contributed by atoms with Gasteiger partial charge in [-0.2, -0.15) is 5.10 Å². The van der Waals surface area contributed by atoms with E-state index in [0.29, 0.717) is 33.9 Å². The average Bonchev–Trinajstić information content (AvgIpc) is 3.24. The van der Waals surface area contributed by atoms with E-state index in [2.05, 4.69) is 16.1 Å². The van der Waals surface area contributed by atoms with Crippen molar-refractivity contribution in [3.8, 4) is 28.3 Å². The highest BCUT2D eigenvalue weighted by Crippen LogP contribution is 2.44. The Balaban J connectivity index is 1.57. The minimum absolute atomic E-state index is 0.0662. The Labute approximate surface area is 211 Å². The van der Waals surface area contributed by atoms with Crippen LogP contribution in [0.3, 0.4) is 0 Å². The van der Waals surface area contributed by atoms with Crippen molar-refractivity contribution in [1.29, 1.82) is 0 Å². The standard InChI is InChI=1S/C27H25FN8O/c1-32-14-29-12-24(32)26-31-21-9-18(16-11-30-33(2)13-16)20(28)10-22(21)36(26)17-7-19(15-5-6-15)25-23(8-17)34(3)27(37)35(25)4/h7-15H,5-6H2,1-4H3. The Bertz CT molecular complexity index is 1930. The number of benzene rings is 2. The molecule has 10 heteroatoms. The lowest BCUT2D eigenvalue weighted by atomic mass is 10.1. The zero-order valence-corrected chi connectivity index (χ0v) is 21.0. The number of rotatable bonds is 4. The van der Waals surface area contributed by atoms with E-state index in [1.54, 1.807) is 58.9 Å². The minimum atomic E-state index is -0.353. The third-order valence-electron chi connectivity index (χ3n) is 7.45. The van der Waals surface area contributed by atoms with Gasteiger partial charge in [0, 0.05) is 51.6 Å². The summed E-state index contributed by atoms with van der Waals surface area (Å²) in [7, 11) is 7.32. The molecule has 1 fully saturated rings. The molecule has 9 nitrogen and oxygen atoms in total. The fourth-order valence-corrected chi connectivity index (χ4v) is 5.39. The van der Waals surface area contributed by atoms with Crippen LogP contribution < -0.4 is 5.69 Å².